The molecular formula is C28H33N3O2. The molecule has 1 amide bonds. The minimum absolute atomic E-state index is 0.146. The summed E-state index contributed by atoms with van der Waals surface area (Å²) in [5, 5.41) is 13.4. The summed E-state index contributed by atoms with van der Waals surface area (Å²) in [6, 6.07) is 18.2. The molecule has 3 aromatic rings. The van der Waals surface area contributed by atoms with Gasteiger partial charge in [-0.05, 0) is 81.1 Å². The minimum atomic E-state index is -0.440. The molecule has 5 heteroatoms. The predicted molar refractivity (Wildman–Crippen MR) is 132 cm³/mol. The van der Waals surface area contributed by atoms with Gasteiger partial charge in [-0.15, -0.1) is 0 Å². The van der Waals surface area contributed by atoms with Crippen molar-refractivity contribution in [2.75, 3.05) is 19.6 Å². The molecule has 0 saturated carbocycles. The molecule has 1 fully saturated rings. The number of nitrogens with one attached hydrogen (secondary N) is 1. The zero-order valence-electron chi connectivity index (χ0n) is 19.6. The van der Waals surface area contributed by atoms with E-state index in [0.29, 0.717) is 25.3 Å². The Morgan fingerprint density at radius 2 is 1.79 bits per heavy atom. The number of aromatic nitrogens is 1. The smallest absolute Gasteiger partial charge is 0.226 e. The van der Waals surface area contributed by atoms with E-state index in [1.165, 1.54) is 5.56 Å². The van der Waals surface area contributed by atoms with E-state index >= 15 is 0 Å². The number of amides is 1. The van der Waals surface area contributed by atoms with Crippen LogP contribution in [-0.2, 0) is 17.8 Å². The van der Waals surface area contributed by atoms with Gasteiger partial charge in [0, 0.05) is 31.0 Å². The van der Waals surface area contributed by atoms with Crippen molar-refractivity contribution >= 4 is 5.91 Å². The highest BCUT2D eigenvalue weighted by molar-refractivity contribution is 5.83. The molecule has 2 N–H and O–H groups in total. The number of aryl methyl sites for hydroxylation is 1. The first-order valence-electron chi connectivity index (χ1n) is 11.8. The summed E-state index contributed by atoms with van der Waals surface area (Å²) in [6.07, 6.45) is 5.91. The molecule has 172 valence electrons. The van der Waals surface area contributed by atoms with Gasteiger partial charge in [-0.1, -0.05) is 42.0 Å². The number of likely N-dealkylation sites (tertiary alicyclic amines) is 1. The maximum absolute atomic E-state index is 13.4. The molecule has 1 saturated heterocycles. The van der Waals surface area contributed by atoms with Crippen molar-refractivity contribution in [2.45, 2.75) is 39.7 Å². The van der Waals surface area contributed by atoms with Gasteiger partial charge in [0.1, 0.15) is 5.75 Å². The molecule has 2 aromatic carbocycles. The van der Waals surface area contributed by atoms with E-state index in [-0.39, 0.29) is 5.91 Å². The van der Waals surface area contributed by atoms with Crippen LogP contribution in [0.3, 0.4) is 0 Å². The Morgan fingerprint density at radius 3 is 2.52 bits per heavy atom. The van der Waals surface area contributed by atoms with E-state index in [0.717, 1.165) is 48.2 Å². The van der Waals surface area contributed by atoms with Crippen molar-refractivity contribution in [3.8, 4) is 16.9 Å². The lowest BCUT2D eigenvalue weighted by Gasteiger charge is -2.41. The average Bonchev–Trinajstić information content (AvgIpc) is 2.84. The summed E-state index contributed by atoms with van der Waals surface area (Å²) in [4.78, 5) is 19.9. The second kappa shape index (κ2) is 10.2. The number of piperidine rings is 1. The van der Waals surface area contributed by atoms with Crippen molar-refractivity contribution in [2.24, 2.45) is 5.41 Å². The zero-order chi connectivity index (χ0) is 23.3. The number of phenols is 1. The average molecular weight is 444 g/mol. The van der Waals surface area contributed by atoms with Crippen molar-refractivity contribution < 1.29 is 9.90 Å². The Kier molecular flexibility index (Phi) is 7.09. The Balaban J connectivity index is 1.56. The quantitative estimate of drug-likeness (QED) is 0.554. The lowest BCUT2D eigenvalue weighted by atomic mass is 9.72. The predicted octanol–water partition coefficient (Wildman–Crippen LogP) is 4.72. The molecule has 0 spiro atoms. The van der Waals surface area contributed by atoms with Gasteiger partial charge < -0.3 is 10.4 Å². The number of pyridine rings is 1. The summed E-state index contributed by atoms with van der Waals surface area (Å²) in [5.41, 5.74) is 5.13. The normalized spacial score (nSPS) is 15.8. The van der Waals surface area contributed by atoms with Crippen molar-refractivity contribution in [3.63, 3.8) is 0 Å². The third-order valence-corrected chi connectivity index (χ3v) is 6.80. The molecule has 2 heterocycles. The van der Waals surface area contributed by atoms with Crippen LogP contribution in [0.1, 0.15) is 36.5 Å². The van der Waals surface area contributed by atoms with Crippen LogP contribution in [0.4, 0.5) is 0 Å². The number of carbonyl (C=O) groups is 1. The molecule has 0 radical (unpaired) electrons. The van der Waals surface area contributed by atoms with E-state index in [1.54, 1.807) is 6.07 Å². The molecule has 1 aliphatic heterocycles. The SMILES string of the molecule is CCNC(=O)C1(Cc2ccccc2-c2ccncc2)CCN(Cc2cc(C)ccc2O)CC1. The lowest BCUT2D eigenvalue weighted by Crippen LogP contribution is -2.49. The van der Waals surface area contributed by atoms with Crippen molar-refractivity contribution in [1.29, 1.82) is 0 Å². The molecule has 0 atom stereocenters. The second-order valence-corrected chi connectivity index (χ2v) is 9.12. The van der Waals surface area contributed by atoms with Gasteiger partial charge in [0.25, 0.3) is 0 Å². The minimum Gasteiger partial charge on any atom is -0.508 e. The monoisotopic (exact) mass is 443 g/mol. The highest BCUT2D eigenvalue weighted by Crippen LogP contribution is 2.39. The van der Waals surface area contributed by atoms with Gasteiger partial charge >= 0.3 is 0 Å². The highest BCUT2D eigenvalue weighted by atomic mass is 16.3. The van der Waals surface area contributed by atoms with Crippen LogP contribution in [-0.4, -0.2) is 40.5 Å². The Bertz CT molecular complexity index is 1090. The van der Waals surface area contributed by atoms with Gasteiger partial charge in [-0.25, -0.2) is 0 Å². The Morgan fingerprint density at radius 1 is 1.06 bits per heavy atom. The number of aromatic hydroxyl groups is 1. The summed E-state index contributed by atoms with van der Waals surface area (Å²) in [5.74, 6) is 0.486. The Labute approximate surface area is 196 Å². The second-order valence-electron chi connectivity index (χ2n) is 9.12. The lowest BCUT2D eigenvalue weighted by molar-refractivity contribution is -0.134. The van der Waals surface area contributed by atoms with E-state index in [2.05, 4.69) is 39.5 Å². The van der Waals surface area contributed by atoms with Crippen LogP contribution in [0.5, 0.6) is 5.75 Å². The van der Waals surface area contributed by atoms with Crippen LogP contribution in [0.2, 0.25) is 0 Å². The fraction of sp³-hybridized carbons (Fsp3) is 0.357. The fourth-order valence-corrected chi connectivity index (χ4v) is 4.91. The number of carbonyl (C=O) groups excluding carboxylic acids is 1. The van der Waals surface area contributed by atoms with Crippen molar-refractivity contribution in [1.82, 2.24) is 15.2 Å². The van der Waals surface area contributed by atoms with Gasteiger partial charge in [0.05, 0.1) is 5.41 Å². The first-order chi connectivity index (χ1) is 16.0. The molecule has 0 bridgehead atoms. The number of nitrogens with zero attached hydrogens (tertiary/aromatic N) is 2. The first-order valence-corrected chi connectivity index (χ1v) is 11.8. The van der Waals surface area contributed by atoms with E-state index < -0.39 is 5.41 Å². The third kappa shape index (κ3) is 5.25. The molecule has 4 rings (SSSR count). The maximum atomic E-state index is 13.4. The summed E-state index contributed by atoms with van der Waals surface area (Å²) >= 11 is 0. The molecular weight excluding hydrogens is 410 g/mol. The summed E-state index contributed by atoms with van der Waals surface area (Å²) in [7, 11) is 0. The topological polar surface area (TPSA) is 65.5 Å². The van der Waals surface area contributed by atoms with E-state index in [9.17, 15) is 9.90 Å². The number of rotatable bonds is 7. The number of benzene rings is 2. The van der Waals surface area contributed by atoms with Crippen LogP contribution in [0.25, 0.3) is 11.1 Å². The number of hydrogen-bond donors (Lipinski definition) is 2. The van der Waals surface area contributed by atoms with Crippen LogP contribution in [0, 0.1) is 12.3 Å². The van der Waals surface area contributed by atoms with E-state index in [1.807, 2.05) is 50.5 Å². The third-order valence-electron chi connectivity index (χ3n) is 6.80. The standard InChI is InChI=1S/C28H33N3O2/c1-3-30-27(33)28(19-23-6-4-5-7-25(23)22-10-14-29-15-11-22)12-16-31(17-13-28)20-24-18-21(2)8-9-26(24)32/h4-11,14-15,18,32H,3,12-13,16-17,19-20H2,1-2H3,(H,30,33). The molecule has 0 aliphatic carbocycles. The fourth-order valence-electron chi connectivity index (χ4n) is 4.91. The Hall–Kier alpha value is -3.18. The first kappa shape index (κ1) is 23.0. The maximum Gasteiger partial charge on any atom is 0.226 e. The molecule has 0 unspecified atom stereocenters. The summed E-state index contributed by atoms with van der Waals surface area (Å²) in [6.45, 7) is 7.00. The molecule has 1 aliphatic rings. The largest absolute Gasteiger partial charge is 0.508 e. The zero-order valence-corrected chi connectivity index (χ0v) is 19.6. The highest BCUT2D eigenvalue weighted by Gasteiger charge is 2.41. The number of phenolic OH excluding ortho intramolecular Hbond substituents is 1. The molecule has 1 aromatic heterocycles. The van der Waals surface area contributed by atoms with Gasteiger partial charge in [0.2, 0.25) is 5.91 Å². The molecule has 33 heavy (non-hydrogen) atoms. The van der Waals surface area contributed by atoms with E-state index in [4.69, 9.17) is 0 Å². The van der Waals surface area contributed by atoms with Gasteiger partial charge in [-0.3, -0.25) is 14.7 Å². The summed E-state index contributed by atoms with van der Waals surface area (Å²) < 4.78 is 0. The van der Waals surface area contributed by atoms with Crippen molar-refractivity contribution in [3.05, 3.63) is 83.7 Å². The van der Waals surface area contributed by atoms with Gasteiger partial charge in [0.15, 0.2) is 0 Å². The van der Waals surface area contributed by atoms with Crippen LogP contribution < -0.4 is 5.32 Å². The van der Waals surface area contributed by atoms with Crippen LogP contribution >= 0.6 is 0 Å². The van der Waals surface area contributed by atoms with Gasteiger partial charge in [-0.2, -0.15) is 0 Å². The number of hydrogen-bond acceptors (Lipinski definition) is 4. The molecule has 5 nitrogen and oxygen atoms in total. The van der Waals surface area contributed by atoms with Crippen LogP contribution in [0.15, 0.2) is 67.0 Å².